The van der Waals surface area contributed by atoms with Crippen LogP contribution in [0, 0.1) is 0 Å². The number of guanidine groups is 1. The zero-order valence-electron chi connectivity index (χ0n) is 15.5. The predicted molar refractivity (Wildman–Crippen MR) is 105 cm³/mol. The van der Waals surface area contributed by atoms with Crippen LogP contribution in [0.25, 0.3) is 11.3 Å². The van der Waals surface area contributed by atoms with Crippen molar-refractivity contribution in [2.24, 2.45) is 4.99 Å². The highest BCUT2D eigenvalue weighted by Crippen LogP contribution is 2.29. The first-order valence-corrected chi connectivity index (χ1v) is 8.43. The van der Waals surface area contributed by atoms with Gasteiger partial charge < -0.3 is 24.5 Å². The summed E-state index contributed by atoms with van der Waals surface area (Å²) in [6, 6.07) is 15.4. The normalized spacial score (nSPS) is 11.1. The van der Waals surface area contributed by atoms with Gasteiger partial charge in [-0.3, -0.25) is 4.99 Å². The first-order valence-electron chi connectivity index (χ1n) is 8.43. The number of nitrogens with zero attached hydrogens (tertiary/aromatic N) is 2. The first-order chi connectivity index (χ1) is 13.2. The number of oxazole rings is 1. The molecule has 0 saturated carbocycles. The number of rotatable bonds is 6. The highest BCUT2D eigenvalue weighted by molar-refractivity contribution is 5.93. The predicted octanol–water partition coefficient (Wildman–Crippen LogP) is 3.55. The molecule has 0 fully saturated rings. The molecule has 7 nitrogen and oxygen atoms in total. The quantitative estimate of drug-likeness (QED) is 0.513. The molecule has 0 atom stereocenters. The molecule has 2 aromatic carbocycles. The number of ether oxygens (including phenoxy) is 2. The minimum absolute atomic E-state index is 0.403. The van der Waals surface area contributed by atoms with E-state index in [9.17, 15) is 0 Å². The minimum Gasteiger partial charge on any atom is -0.493 e. The van der Waals surface area contributed by atoms with Gasteiger partial charge in [-0.05, 0) is 12.1 Å². The molecular formula is C20H22N4O3. The van der Waals surface area contributed by atoms with Gasteiger partial charge in [-0.1, -0.05) is 30.3 Å². The summed E-state index contributed by atoms with van der Waals surface area (Å²) in [7, 11) is 4.90. The van der Waals surface area contributed by atoms with Crippen LogP contribution in [0.2, 0.25) is 0 Å². The summed E-state index contributed by atoms with van der Waals surface area (Å²) in [6.45, 7) is 0.403. The number of aliphatic imine (C=N–C) groups is 1. The Morgan fingerprint density at radius 3 is 2.56 bits per heavy atom. The second kappa shape index (κ2) is 8.75. The smallest absolute Gasteiger partial charge is 0.214 e. The van der Waals surface area contributed by atoms with Crippen LogP contribution in [0.15, 0.2) is 64.1 Å². The van der Waals surface area contributed by atoms with Crippen LogP contribution in [0.1, 0.15) is 5.89 Å². The van der Waals surface area contributed by atoms with Gasteiger partial charge in [0.15, 0.2) is 23.2 Å². The van der Waals surface area contributed by atoms with E-state index in [1.807, 2.05) is 48.5 Å². The van der Waals surface area contributed by atoms with Gasteiger partial charge >= 0.3 is 0 Å². The Balaban J connectivity index is 1.62. The fourth-order valence-electron chi connectivity index (χ4n) is 2.52. The van der Waals surface area contributed by atoms with Gasteiger partial charge in [0.05, 0.1) is 27.0 Å². The van der Waals surface area contributed by atoms with Crippen molar-refractivity contribution in [1.82, 2.24) is 10.3 Å². The maximum atomic E-state index is 5.79. The zero-order chi connectivity index (χ0) is 19.1. The Morgan fingerprint density at radius 2 is 1.85 bits per heavy atom. The molecule has 140 valence electrons. The summed E-state index contributed by atoms with van der Waals surface area (Å²) in [4.78, 5) is 8.52. The lowest BCUT2D eigenvalue weighted by Gasteiger charge is -2.13. The van der Waals surface area contributed by atoms with Gasteiger partial charge in [-0.2, -0.15) is 0 Å². The van der Waals surface area contributed by atoms with Crippen LogP contribution in [0.5, 0.6) is 11.5 Å². The maximum Gasteiger partial charge on any atom is 0.214 e. The van der Waals surface area contributed by atoms with E-state index in [2.05, 4.69) is 20.6 Å². The lowest BCUT2D eigenvalue weighted by molar-refractivity contribution is 0.355. The third-order valence-electron chi connectivity index (χ3n) is 3.89. The van der Waals surface area contributed by atoms with Gasteiger partial charge in [0, 0.05) is 24.4 Å². The van der Waals surface area contributed by atoms with Crippen molar-refractivity contribution in [2.75, 3.05) is 26.6 Å². The van der Waals surface area contributed by atoms with Crippen molar-refractivity contribution in [1.29, 1.82) is 0 Å². The Bertz CT molecular complexity index is 907. The van der Waals surface area contributed by atoms with E-state index >= 15 is 0 Å². The third kappa shape index (κ3) is 4.58. The number of hydrogen-bond donors (Lipinski definition) is 2. The van der Waals surface area contributed by atoms with E-state index in [0.717, 1.165) is 17.0 Å². The van der Waals surface area contributed by atoms with Crippen molar-refractivity contribution < 1.29 is 13.9 Å². The first kappa shape index (κ1) is 18.3. The van der Waals surface area contributed by atoms with Crippen LogP contribution in [-0.4, -0.2) is 32.2 Å². The number of hydrogen-bond acceptors (Lipinski definition) is 5. The summed E-state index contributed by atoms with van der Waals surface area (Å²) in [5, 5.41) is 6.37. The Labute approximate surface area is 158 Å². The molecule has 1 heterocycles. The number of aromatic nitrogens is 1. The molecule has 0 radical (unpaired) electrons. The largest absolute Gasteiger partial charge is 0.493 e. The molecule has 0 bridgehead atoms. The number of nitrogens with one attached hydrogen (secondary N) is 2. The molecular weight excluding hydrogens is 344 g/mol. The molecule has 0 saturated heterocycles. The Morgan fingerprint density at radius 1 is 1.07 bits per heavy atom. The van der Waals surface area contributed by atoms with Crippen LogP contribution in [-0.2, 0) is 6.54 Å². The van der Waals surface area contributed by atoms with Crippen molar-refractivity contribution in [3.8, 4) is 22.8 Å². The van der Waals surface area contributed by atoms with Gasteiger partial charge in [0.1, 0.15) is 0 Å². The topological polar surface area (TPSA) is 80.9 Å². The number of benzene rings is 2. The molecule has 0 amide bonds. The average molecular weight is 366 g/mol. The summed E-state index contributed by atoms with van der Waals surface area (Å²) >= 11 is 0. The van der Waals surface area contributed by atoms with Crippen molar-refractivity contribution in [2.45, 2.75) is 6.54 Å². The SMILES string of the molecule is CN=C(NCc1ncc(-c2ccccc2)o1)Nc1ccc(OC)c(OC)c1. The third-order valence-corrected chi connectivity index (χ3v) is 3.89. The summed E-state index contributed by atoms with van der Waals surface area (Å²) in [5.74, 6) is 3.19. The lowest BCUT2D eigenvalue weighted by atomic mass is 10.2. The van der Waals surface area contributed by atoms with Gasteiger partial charge in [0.2, 0.25) is 5.89 Å². The van der Waals surface area contributed by atoms with Crippen molar-refractivity contribution >= 4 is 11.6 Å². The zero-order valence-corrected chi connectivity index (χ0v) is 15.5. The molecule has 2 N–H and O–H groups in total. The number of anilines is 1. The molecule has 1 aromatic heterocycles. The summed E-state index contributed by atoms with van der Waals surface area (Å²) in [5.41, 5.74) is 1.81. The fraction of sp³-hybridized carbons (Fsp3) is 0.200. The molecule has 0 aliphatic carbocycles. The van der Waals surface area contributed by atoms with Crippen LogP contribution < -0.4 is 20.1 Å². The molecule has 0 unspecified atom stereocenters. The monoisotopic (exact) mass is 366 g/mol. The van der Waals surface area contributed by atoms with Crippen molar-refractivity contribution in [3.05, 3.63) is 60.6 Å². The van der Waals surface area contributed by atoms with E-state index in [1.54, 1.807) is 27.5 Å². The molecule has 3 aromatic rings. The van der Waals surface area contributed by atoms with Crippen LogP contribution in [0.4, 0.5) is 5.69 Å². The second-order valence-corrected chi connectivity index (χ2v) is 5.60. The van der Waals surface area contributed by atoms with Crippen LogP contribution >= 0.6 is 0 Å². The van der Waals surface area contributed by atoms with Crippen LogP contribution in [0.3, 0.4) is 0 Å². The van der Waals surface area contributed by atoms with Gasteiger partial charge in [0.25, 0.3) is 0 Å². The van der Waals surface area contributed by atoms with E-state index in [0.29, 0.717) is 29.9 Å². The van der Waals surface area contributed by atoms with Gasteiger partial charge in [-0.25, -0.2) is 4.98 Å². The fourth-order valence-corrected chi connectivity index (χ4v) is 2.52. The molecule has 0 aliphatic rings. The van der Waals surface area contributed by atoms with E-state index in [1.165, 1.54) is 0 Å². The maximum absolute atomic E-state index is 5.79. The van der Waals surface area contributed by atoms with Gasteiger partial charge in [-0.15, -0.1) is 0 Å². The average Bonchev–Trinajstić information content (AvgIpc) is 3.20. The number of methoxy groups -OCH3 is 2. The highest BCUT2D eigenvalue weighted by Gasteiger charge is 2.09. The van der Waals surface area contributed by atoms with Crippen molar-refractivity contribution in [3.63, 3.8) is 0 Å². The Hall–Kier alpha value is -3.48. The molecule has 0 spiro atoms. The van der Waals surface area contributed by atoms with E-state index in [-0.39, 0.29) is 0 Å². The lowest BCUT2D eigenvalue weighted by Crippen LogP contribution is -2.30. The Kier molecular flexibility index (Phi) is 5.94. The molecule has 7 heteroatoms. The highest BCUT2D eigenvalue weighted by atomic mass is 16.5. The molecule has 0 aliphatic heterocycles. The summed E-state index contributed by atoms with van der Waals surface area (Å²) < 4.78 is 16.4. The molecule has 27 heavy (non-hydrogen) atoms. The summed E-state index contributed by atoms with van der Waals surface area (Å²) in [6.07, 6.45) is 1.72. The molecule has 3 rings (SSSR count). The second-order valence-electron chi connectivity index (χ2n) is 5.60. The minimum atomic E-state index is 0.403. The standard InChI is InChI=1S/C20H22N4O3/c1-21-20(24-15-9-10-16(25-2)17(11-15)26-3)23-13-19-22-12-18(27-19)14-7-5-4-6-8-14/h4-12H,13H2,1-3H3,(H2,21,23,24). The van der Waals surface area contributed by atoms with E-state index < -0.39 is 0 Å². The van der Waals surface area contributed by atoms with E-state index in [4.69, 9.17) is 13.9 Å².